The molecule has 158 valence electrons. The normalized spacial score (nSPS) is 10.7. The van der Waals surface area contributed by atoms with Crippen LogP contribution in [-0.4, -0.2) is 34.8 Å². The molecule has 0 aliphatic heterocycles. The molecule has 0 aliphatic carbocycles. The number of ether oxygens (including phenoxy) is 2. The van der Waals surface area contributed by atoms with E-state index < -0.39 is 0 Å². The molecular weight excluding hydrogens is 420 g/mol. The van der Waals surface area contributed by atoms with Gasteiger partial charge in [0.1, 0.15) is 12.2 Å². The fourth-order valence-corrected chi connectivity index (χ4v) is 3.28. The fraction of sp³-hybridized carbons (Fsp3) is 0.136. The molecule has 0 saturated carbocycles. The van der Waals surface area contributed by atoms with Gasteiger partial charge in [0.2, 0.25) is 11.7 Å². The number of rotatable bonds is 7. The highest BCUT2D eigenvalue weighted by molar-refractivity contribution is 6.30. The standard InChI is InChI=1S/C22H19ClN4O4/c1-29-18-9-8-16(12-19(18)30-2)24-20(28)13-27-10-4-7-17(27)22-25-21(26-31-22)14-5-3-6-15(23)11-14/h3-12H,13H2,1-2H3,(H,24,28). The zero-order valence-corrected chi connectivity index (χ0v) is 17.6. The van der Waals surface area contributed by atoms with Crippen molar-refractivity contribution in [3.63, 3.8) is 0 Å². The van der Waals surface area contributed by atoms with E-state index in [2.05, 4.69) is 15.5 Å². The van der Waals surface area contributed by atoms with E-state index in [4.69, 9.17) is 25.6 Å². The van der Waals surface area contributed by atoms with Gasteiger partial charge in [-0.2, -0.15) is 4.98 Å². The Labute approximate surface area is 183 Å². The number of hydrogen-bond donors (Lipinski definition) is 1. The number of aromatic nitrogens is 3. The maximum absolute atomic E-state index is 12.6. The first-order valence-corrected chi connectivity index (χ1v) is 9.72. The molecule has 9 heteroatoms. The molecule has 0 atom stereocenters. The Kier molecular flexibility index (Phi) is 5.90. The van der Waals surface area contributed by atoms with E-state index in [1.54, 1.807) is 54.3 Å². The van der Waals surface area contributed by atoms with Crippen LogP contribution in [-0.2, 0) is 11.3 Å². The molecule has 0 fully saturated rings. The number of hydrogen-bond acceptors (Lipinski definition) is 6. The highest BCUT2D eigenvalue weighted by atomic mass is 35.5. The van der Waals surface area contributed by atoms with Crippen molar-refractivity contribution in [1.29, 1.82) is 0 Å². The van der Waals surface area contributed by atoms with Gasteiger partial charge in [-0.25, -0.2) is 0 Å². The Balaban J connectivity index is 1.50. The van der Waals surface area contributed by atoms with Gasteiger partial charge < -0.3 is 23.9 Å². The summed E-state index contributed by atoms with van der Waals surface area (Å²) in [5.74, 6) is 1.61. The monoisotopic (exact) mass is 438 g/mol. The van der Waals surface area contributed by atoms with Gasteiger partial charge in [-0.1, -0.05) is 28.9 Å². The van der Waals surface area contributed by atoms with E-state index in [1.807, 2.05) is 18.2 Å². The summed E-state index contributed by atoms with van der Waals surface area (Å²) in [5.41, 5.74) is 1.97. The highest BCUT2D eigenvalue weighted by Crippen LogP contribution is 2.30. The molecule has 31 heavy (non-hydrogen) atoms. The summed E-state index contributed by atoms with van der Waals surface area (Å²) in [7, 11) is 3.09. The maximum Gasteiger partial charge on any atom is 0.274 e. The average Bonchev–Trinajstić information content (AvgIpc) is 3.43. The number of anilines is 1. The minimum Gasteiger partial charge on any atom is -0.493 e. The number of nitrogens with zero attached hydrogens (tertiary/aromatic N) is 3. The van der Waals surface area contributed by atoms with Crippen molar-refractivity contribution in [3.8, 4) is 34.5 Å². The summed E-state index contributed by atoms with van der Waals surface area (Å²) in [6, 6.07) is 16.0. The molecule has 2 aromatic carbocycles. The molecule has 4 rings (SSSR count). The molecule has 4 aromatic rings. The van der Waals surface area contributed by atoms with E-state index in [-0.39, 0.29) is 12.5 Å². The first-order valence-electron chi connectivity index (χ1n) is 9.34. The van der Waals surface area contributed by atoms with E-state index in [9.17, 15) is 4.79 Å². The van der Waals surface area contributed by atoms with Crippen LogP contribution in [0.3, 0.4) is 0 Å². The van der Waals surface area contributed by atoms with Crippen molar-refractivity contribution in [1.82, 2.24) is 14.7 Å². The van der Waals surface area contributed by atoms with Gasteiger partial charge in [0, 0.05) is 28.5 Å². The first-order chi connectivity index (χ1) is 15.1. The number of halogens is 1. The van der Waals surface area contributed by atoms with Crippen LogP contribution in [0.25, 0.3) is 23.0 Å². The van der Waals surface area contributed by atoms with Crippen LogP contribution in [0.1, 0.15) is 0 Å². The van der Waals surface area contributed by atoms with Gasteiger partial charge in [-0.05, 0) is 36.4 Å². The van der Waals surface area contributed by atoms with Crippen molar-refractivity contribution in [2.75, 3.05) is 19.5 Å². The number of carbonyl (C=O) groups is 1. The Morgan fingerprint density at radius 2 is 1.94 bits per heavy atom. The highest BCUT2D eigenvalue weighted by Gasteiger charge is 2.16. The van der Waals surface area contributed by atoms with Gasteiger partial charge in [0.25, 0.3) is 5.89 Å². The zero-order chi connectivity index (χ0) is 21.8. The van der Waals surface area contributed by atoms with Gasteiger partial charge >= 0.3 is 0 Å². The van der Waals surface area contributed by atoms with Gasteiger partial charge in [0.15, 0.2) is 11.5 Å². The number of carbonyl (C=O) groups excluding carboxylic acids is 1. The Hall–Kier alpha value is -3.78. The molecule has 1 N–H and O–H groups in total. The van der Waals surface area contributed by atoms with E-state index in [0.717, 1.165) is 5.56 Å². The lowest BCUT2D eigenvalue weighted by molar-refractivity contribution is -0.116. The fourth-order valence-electron chi connectivity index (χ4n) is 3.09. The second-order valence-corrected chi connectivity index (χ2v) is 7.01. The number of benzene rings is 2. The smallest absolute Gasteiger partial charge is 0.274 e. The molecular formula is C22H19ClN4O4. The first kappa shape index (κ1) is 20.5. The van der Waals surface area contributed by atoms with Crippen LogP contribution in [0, 0.1) is 0 Å². The molecule has 0 bridgehead atoms. The second kappa shape index (κ2) is 8.93. The molecule has 0 unspecified atom stereocenters. The minimum absolute atomic E-state index is 0.0611. The number of methoxy groups -OCH3 is 2. The second-order valence-electron chi connectivity index (χ2n) is 6.57. The lowest BCUT2D eigenvalue weighted by Crippen LogP contribution is -2.18. The molecule has 0 aliphatic rings. The lowest BCUT2D eigenvalue weighted by atomic mass is 10.2. The Bertz CT molecular complexity index is 1220. The third-order valence-electron chi connectivity index (χ3n) is 4.54. The molecule has 8 nitrogen and oxygen atoms in total. The summed E-state index contributed by atoms with van der Waals surface area (Å²) in [5, 5.41) is 7.45. The lowest BCUT2D eigenvalue weighted by Gasteiger charge is -2.11. The predicted molar refractivity (Wildman–Crippen MR) is 116 cm³/mol. The summed E-state index contributed by atoms with van der Waals surface area (Å²) in [6.07, 6.45) is 1.77. The van der Waals surface area contributed by atoms with Crippen LogP contribution in [0.15, 0.2) is 65.3 Å². The van der Waals surface area contributed by atoms with Crippen molar-refractivity contribution in [2.24, 2.45) is 0 Å². The summed E-state index contributed by atoms with van der Waals surface area (Å²) < 4.78 is 17.6. The third-order valence-corrected chi connectivity index (χ3v) is 4.77. The average molecular weight is 439 g/mol. The van der Waals surface area contributed by atoms with Crippen LogP contribution < -0.4 is 14.8 Å². The van der Waals surface area contributed by atoms with E-state index in [0.29, 0.717) is 39.6 Å². The molecule has 0 spiro atoms. The minimum atomic E-state index is -0.223. The molecule has 1 amide bonds. The van der Waals surface area contributed by atoms with Crippen molar-refractivity contribution >= 4 is 23.2 Å². The molecule has 0 radical (unpaired) electrons. The van der Waals surface area contributed by atoms with Crippen LogP contribution in [0.4, 0.5) is 5.69 Å². The third kappa shape index (κ3) is 4.54. The van der Waals surface area contributed by atoms with Crippen molar-refractivity contribution < 1.29 is 18.8 Å². The summed E-state index contributed by atoms with van der Waals surface area (Å²) in [4.78, 5) is 17.0. The number of amides is 1. The molecule has 2 heterocycles. The van der Waals surface area contributed by atoms with Crippen LogP contribution in [0.2, 0.25) is 5.02 Å². The summed E-state index contributed by atoms with van der Waals surface area (Å²) >= 11 is 6.04. The number of nitrogens with one attached hydrogen (secondary N) is 1. The van der Waals surface area contributed by atoms with Gasteiger partial charge in [-0.3, -0.25) is 4.79 Å². The largest absolute Gasteiger partial charge is 0.493 e. The van der Waals surface area contributed by atoms with E-state index in [1.165, 1.54) is 7.11 Å². The van der Waals surface area contributed by atoms with Crippen molar-refractivity contribution in [2.45, 2.75) is 6.54 Å². The Morgan fingerprint density at radius 1 is 1.10 bits per heavy atom. The van der Waals surface area contributed by atoms with Crippen LogP contribution >= 0.6 is 11.6 Å². The molecule has 2 aromatic heterocycles. The van der Waals surface area contributed by atoms with E-state index >= 15 is 0 Å². The molecule has 0 saturated heterocycles. The predicted octanol–water partition coefficient (Wildman–Crippen LogP) is 4.51. The van der Waals surface area contributed by atoms with Gasteiger partial charge in [0.05, 0.1) is 14.2 Å². The maximum atomic E-state index is 12.6. The quantitative estimate of drug-likeness (QED) is 0.456. The zero-order valence-electron chi connectivity index (χ0n) is 16.8. The van der Waals surface area contributed by atoms with Crippen LogP contribution in [0.5, 0.6) is 11.5 Å². The Morgan fingerprint density at radius 3 is 2.71 bits per heavy atom. The van der Waals surface area contributed by atoms with Gasteiger partial charge in [-0.15, -0.1) is 0 Å². The SMILES string of the molecule is COc1ccc(NC(=O)Cn2cccc2-c2nc(-c3cccc(Cl)c3)no2)cc1OC. The van der Waals surface area contributed by atoms with Crippen molar-refractivity contribution in [3.05, 3.63) is 65.8 Å². The topological polar surface area (TPSA) is 91.4 Å². The summed E-state index contributed by atoms with van der Waals surface area (Å²) in [6.45, 7) is 0.0611.